The van der Waals surface area contributed by atoms with Crippen LogP contribution in [0.25, 0.3) is 4.85 Å². The van der Waals surface area contributed by atoms with Crippen molar-refractivity contribution in [2.75, 3.05) is 6.61 Å². The van der Waals surface area contributed by atoms with Gasteiger partial charge < -0.3 is 4.74 Å². The Morgan fingerprint density at radius 1 is 1.83 bits per heavy atom. The van der Waals surface area contributed by atoms with Gasteiger partial charge in [0.05, 0.1) is 18.7 Å². The Morgan fingerprint density at radius 2 is 2.58 bits per heavy atom. The first-order valence-electron chi connectivity index (χ1n) is 3.41. The topological polar surface area (TPSA) is 30.7 Å². The Hall–Kier alpha value is -1.34. The van der Waals surface area contributed by atoms with Crippen LogP contribution in [-0.4, -0.2) is 12.6 Å². The van der Waals surface area contributed by atoms with E-state index in [0.29, 0.717) is 17.2 Å². The van der Waals surface area contributed by atoms with Crippen LogP contribution in [-0.2, 0) is 4.74 Å². The SMILES string of the molecule is [C-]#[N+]c1cc(C(=O)OCC)cs1. The molecule has 1 heterocycles. The number of hydrogen-bond donors (Lipinski definition) is 0. The molecule has 1 rings (SSSR count). The second-order valence-electron chi connectivity index (χ2n) is 2.01. The number of hydrogen-bond acceptors (Lipinski definition) is 3. The van der Waals surface area contributed by atoms with E-state index >= 15 is 0 Å². The summed E-state index contributed by atoms with van der Waals surface area (Å²) in [5, 5.41) is 2.14. The quantitative estimate of drug-likeness (QED) is 0.518. The fourth-order valence-electron chi connectivity index (χ4n) is 0.705. The van der Waals surface area contributed by atoms with Crippen molar-refractivity contribution in [2.24, 2.45) is 0 Å². The molecule has 4 heteroatoms. The normalized spacial score (nSPS) is 9.00. The predicted octanol–water partition coefficient (Wildman–Crippen LogP) is 2.48. The van der Waals surface area contributed by atoms with Crippen LogP contribution in [0.15, 0.2) is 11.4 Å². The van der Waals surface area contributed by atoms with Gasteiger partial charge in [-0.2, -0.15) is 11.3 Å². The van der Waals surface area contributed by atoms with E-state index in [-0.39, 0.29) is 5.97 Å². The molecule has 0 unspecified atom stereocenters. The Kier molecular flexibility index (Phi) is 2.83. The van der Waals surface area contributed by atoms with Crippen LogP contribution in [0.3, 0.4) is 0 Å². The zero-order valence-electron chi connectivity index (χ0n) is 6.53. The van der Waals surface area contributed by atoms with Crippen LogP contribution >= 0.6 is 11.3 Å². The number of nitrogens with zero attached hydrogens (tertiary/aromatic N) is 1. The van der Waals surface area contributed by atoms with Gasteiger partial charge in [-0.1, -0.05) is 0 Å². The Balaban J connectivity index is 2.76. The molecular formula is C8H7NO2S. The van der Waals surface area contributed by atoms with Crippen molar-refractivity contribution in [2.45, 2.75) is 6.92 Å². The van der Waals surface area contributed by atoms with E-state index in [1.165, 1.54) is 17.4 Å². The summed E-state index contributed by atoms with van der Waals surface area (Å²) in [5.74, 6) is -0.358. The summed E-state index contributed by atoms with van der Waals surface area (Å²) in [4.78, 5) is 14.2. The molecule has 0 spiro atoms. The van der Waals surface area contributed by atoms with Crippen LogP contribution in [0.1, 0.15) is 17.3 Å². The summed E-state index contributed by atoms with van der Waals surface area (Å²) in [7, 11) is 0. The summed E-state index contributed by atoms with van der Waals surface area (Å²) in [6, 6.07) is 1.54. The lowest BCUT2D eigenvalue weighted by atomic mass is 10.3. The highest BCUT2D eigenvalue weighted by Gasteiger charge is 2.08. The molecule has 0 saturated carbocycles. The number of carbonyl (C=O) groups is 1. The van der Waals surface area contributed by atoms with Crippen molar-refractivity contribution in [3.63, 3.8) is 0 Å². The van der Waals surface area contributed by atoms with Crippen LogP contribution < -0.4 is 0 Å². The Labute approximate surface area is 74.4 Å². The van der Waals surface area contributed by atoms with Gasteiger partial charge in [0.2, 0.25) is 5.00 Å². The summed E-state index contributed by atoms with van der Waals surface area (Å²) in [6.07, 6.45) is 0. The highest BCUT2D eigenvalue weighted by molar-refractivity contribution is 7.14. The van der Waals surface area contributed by atoms with Crippen molar-refractivity contribution >= 4 is 22.3 Å². The number of thiophene rings is 1. The van der Waals surface area contributed by atoms with E-state index in [2.05, 4.69) is 4.85 Å². The van der Waals surface area contributed by atoms with Gasteiger partial charge in [0.1, 0.15) is 0 Å². The standard InChI is InChI=1S/C8H7NO2S/c1-3-11-8(10)6-4-7(9-2)12-5-6/h4-5H,3H2,1H3. The zero-order valence-corrected chi connectivity index (χ0v) is 7.35. The lowest BCUT2D eigenvalue weighted by molar-refractivity contribution is 0.0527. The fraction of sp³-hybridized carbons (Fsp3) is 0.250. The lowest BCUT2D eigenvalue weighted by Crippen LogP contribution is -2.02. The molecule has 0 amide bonds. The van der Waals surface area contributed by atoms with Gasteiger partial charge in [0.15, 0.2) is 0 Å². The van der Waals surface area contributed by atoms with Crippen LogP contribution in [0.4, 0.5) is 5.00 Å². The zero-order chi connectivity index (χ0) is 8.97. The van der Waals surface area contributed by atoms with Crippen molar-refractivity contribution in [3.05, 3.63) is 28.4 Å². The molecule has 0 saturated heterocycles. The largest absolute Gasteiger partial charge is 0.462 e. The van der Waals surface area contributed by atoms with Crippen LogP contribution in [0.2, 0.25) is 0 Å². The third-order valence-electron chi connectivity index (χ3n) is 1.21. The van der Waals surface area contributed by atoms with E-state index in [9.17, 15) is 4.79 Å². The van der Waals surface area contributed by atoms with Gasteiger partial charge in [-0.25, -0.2) is 9.64 Å². The molecule has 0 aliphatic carbocycles. The third-order valence-corrected chi connectivity index (χ3v) is 2.03. The fourth-order valence-corrected chi connectivity index (χ4v) is 1.36. The summed E-state index contributed by atoms with van der Waals surface area (Å²) in [6.45, 7) is 8.80. The van der Waals surface area contributed by atoms with Gasteiger partial charge in [0, 0.05) is 0 Å². The first-order valence-corrected chi connectivity index (χ1v) is 4.29. The Bertz CT molecular complexity index is 324. The van der Waals surface area contributed by atoms with E-state index in [4.69, 9.17) is 11.3 Å². The predicted molar refractivity (Wildman–Crippen MR) is 46.5 cm³/mol. The Morgan fingerprint density at radius 3 is 3.08 bits per heavy atom. The average Bonchev–Trinajstić information content (AvgIpc) is 2.52. The van der Waals surface area contributed by atoms with Gasteiger partial charge in [-0.05, 0) is 18.4 Å². The summed E-state index contributed by atoms with van der Waals surface area (Å²) >= 11 is 1.25. The number of ether oxygens (including phenoxy) is 1. The van der Waals surface area contributed by atoms with E-state index in [1.807, 2.05) is 0 Å². The van der Waals surface area contributed by atoms with E-state index < -0.39 is 0 Å². The summed E-state index contributed by atoms with van der Waals surface area (Å²) < 4.78 is 4.75. The molecule has 12 heavy (non-hydrogen) atoms. The lowest BCUT2D eigenvalue weighted by Gasteiger charge is -1.96. The average molecular weight is 181 g/mol. The molecule has 0 atom stereocenters. The molecule has 0 N–H and O–H groups in total. The van der Waals surface area contributed by atoms with Crippen molar-refractivity contribution < 1.29 is 9.53 Å². The van der Waals surface area contributed by atoms with Crippen LogP contribution in [0, 0.1) is 6.57 Å². The van der Waals surface area contributed by atoms with E-state index in [1.54, 1.807) is 12.3 Å². The number of carbonyl (C=O) groups excluding carboxylic acids is 1. The highest BCUT2D eigenvalue weighted by atomic mass is 32.1. The molecule has 62 valence electrons. The minimum Gasteiger partial charge on any atom is -0.462 e. The smallest absolute Gasteiger partial charge is 0.337 e. The molecular weight excluding hydrogens is 174 g/mol. The first kappa shape index (κ1) is 8.75. The van der Waals surface area contributed by atoms with Gasteiger partial charge in [-0.15, -0.1) is 0 Å². The minimum atomic E-state index is -0.358. The van der Waals surface area contributed by atoms with Crippen LogP contribution in [0.5, 0.6) is 0 Å². The molecule has 1 aromatic heterocycles. The molecule has 3 nitrogen and oxygen atoms in total. The molecule has 1 aromatic rings. The van der Waals surface area contributed by atoms with Gasteiger partial charge >= 0.3 is 5.97 Å². The molecule has 0 bridgehead atoms. The third kappa shape index (κ3) is 1.83. The van der Waals surface area contributed by atoms with Gasteiger partial charge in [0.25, 0.3) is 0 Å². The summed E-state index contributed by atoms with van der Waals surface area (Å²) in [5.41, 5.74) is 0.466. The molecule has 0 aliphatic rings. The van der Waals surface area contributed by atoms with Crippen molar-refractivity contribution in [3.8, 4) is 0 Å². The monoisotopic (exact) mass is 181 g/mol. The maximum atomic E-state index is 11.1. The highest BCUT2D eigenvalue weighted by Crippen LogP contribution is 2.23. The molecule has 0 fully saturated rings. The van der Waals surface area contributed by atoms with Crippen molar-refractivity contribution in [1.82, 2.24) is 0 Å². The molecule has 0 aromatic carbocycles. The minimum absolute atomic E-state index is 0.358. The van der Waals surface area contributed by atoms with Gasteiger partial charge in [-0.3, -0.25) is 0 Å². The first-order chi connectivity index (χ1) is 5.77. The maximum Gasteiger partial charge on any atom is 0.337 e. The molecule has 0 radical (unpaired) electrons. The van der Waals surface area contributed by atoms with E-state index in [0.717, 1.165) is 0 Å². The van der Waals surface area contributed by atoms with Crippen molar-refractivity contribution in [1.29, 1.82) is 0 Å². The number of esters is 1. The number of rotatable bonds is 2. The molecule has 0 aliphatic heterocycles. The second kappa shape index (κ2) is 3.88. The maximum absolute atomic E-state index is 11.1. The second-order valence-corrected chi connectivity index (χ2v) is 2.90.